The summed E-state index contributed by atoms with van der Waals surface area (Å²) in [7, 11) is -2.21. The average Bonchev–Trinajstić information content (AvgIpc) is 2.67. The van der Waals surface area contributed by atoms with E-state index in [0.717, 1.165) is 16.7 Å². The Kier molecular flexibility index (Phi) is 5.74. The molecule has 0 aliphatic rings. The van der Waals surface area contributed by atoms with E-state index in [4.69, 9.17) is 16.3 Å². The molecule has 5 nitrogen and oxygen atoms in total. The first-order valence-electron chi connectivity index (χ1n) is 8.62. The zero-order valence-corrected chi connectivity index (χ0v) is 17.4. The van der Waals surface area contributed by atoms with Crippen LogP contribution in [0.25, 0.3) is 11.1 Å². The van der Waals surface area contributed by atoms with Crippen LogP contribution in [0.1, 0.15) is 19.4 Å². The van der Waals surface area contributed by atoms with Gasteiger partial charge in [0, 0.05) is 11.8 Å². The lowest BCUT2D eigenvalue weighted by Gasteiger charge is -2.27. The topological polar surface area (TPSA) is 68.3 Å². The molecule has 0 saturated carbocycles. The monoisotopic (exact) mass is 416 g/mol. The lowest BCUT2D eigenvalue weighted by atomic mass is 9.92. The van der Waals surface area contributed by atoms with Crippen LogP contribution in [0.2, 0.25) is 5.02 Å². The van der Waals surface area contributed by atoms with E-state index in [1.54, 1.807) is 37.7 Å². The Morgan fingerprint density at radius 1 is 1.07 bits per heavy atom. The number of aromatic nitrogens is 1. The largest absolute Gasteiger partial charge is 0.494 e. The Morgan fingerprint density at radius 2 is 1.82 bits per heavy atom. The van der Waals surface area contributed by atoms with Crippen LogP contribution in [0, 0.1) is 0 Å². The van der Waals surface area contributed by atoms with E-state index in [9.17, 15) is 8.42 Å². The van der Waals surface area contributed by atoms with Gasteiger partial charge in [-0.3, -0.25) is 4.98 Å². The fourth-order valence-electron chi connectivity index (χ4n) is 2.97. The Labute approximate surface area is 170 Å². The first kappa shape index (κ1) is 20.3. The summed E-state index contributed by atoms with van der Waals surface area (Å²) in [5.74, 6) is 0.647. The molecule has 1 aromatic heterocycles. The van der Waals surface area contributed by atoms with Gasteiger partial charge in [-0.25, -0.2) is 13.1 Å². The maximum Gasteiger partial charge on any atom is 0.242 e. The molecule has 3 aromatic rings. The van der Waals surface area contributed by atoms with Crippen LogP contribution >= 0.6 is 11.6 Å². The molecule has 0 radical (unpaired) electrons. The van der Waals surface area contributed by atoms with E-state index in [-0.39, 0.29) is 9.92 Å². The Morgan fingerprint density at radius 3 is 2.54 bits per heavy atom. The summed E-state index contributed by atoms with van der Waals surface area (Å²) in [6, 6.07) is 15.9. The van der Waals surface area contributed by atoms with E-state index >= 15 is 0 Å². The number of pyridine rings is 1. The van der Waals surface area contributed by atoms with Crippen LogP contribution in [0.5, 0.6) is 5.75 Å². The molecule has 146 valence electrons. The molecule has 28 heavy (non-hydrogen) atoms. The van der Waals surface area contributed by atoms with Crippen molar-refractivity contribution in [1.82, 2.24) is 9.71 Å². The van der Waals surface area contributed by atoms with E-state index in [1.807, 2.05) is 44.2 Å². The molecule has 0 fully saturated rings. The molecule has 7 heteroatoms. The first-order valence-corrected chi connectivity index (χ1v) is 10.5. The standard InChI is InChI=1S/C21H21ClN2O3S/c1-21(2,24-28(25,26)20-10-5-4-9-18(20)22)16-8-6-7-15(13-16)17-11-12-23-14-19(17)27-3/h4-14,24H,1-3H3. The maximum atomic E-state index is 12.9. The third kappa shape index (κ3) is 4.19. The van der Waals surface area contributed by atoms with Gasteiger partial charge in [-0.1, -0.05) is 41.9 Å². The van der Waals surface area contributed by atoms with Crippen molar-refractivity contribution < 1.29 is 13.2 Å². The molecule has 1 heterocycles. The van der Waals surface area contributed by atoms with Gasteiger partial charge in [0.2, 0.25) is 10.0 Å². The quantitative estimate of drug-likeness (QED) is 0.636. The minimum absolute atomic E-state index is 0.0525. The van der Waals surface area contributed by atoms with Crippen molar-refractivity contribution in [2.75, 3.05) is 7.11 Å². The molecule has 0 unspecified atom stereocenters. The highest BCUT2D eigenvalue weighted by Crippen LogP contribution is 2.32. The highest BCUT2D eigenvalue weighted by molar-refractivity contribution is 7.89. The molecule has 0 aliphatic heterocycles. The molecule has 2 aromatic carbocycles. The molecule has 0 amide bonds. The van der Waals surface area contributed by atoms with Gasteiger partial charge in [-0.15, -0.1) is 0 Å². The van der Waals surface area contributed by atoms with Crippen LogP contribution in [0.4, 0.5) is 0 Å². The van der Waals surface area contributed by atoms with Crippen LogP contribution in [-0.4, -0.2) is 20.5 Å². The van der Waals surface area contributed by atoms with Crippen molar-refractivity contribution in [3.63, 3.8) is 0 Å². The third-order valence-electron chi connectivity index (χ3n) is 4.42. The number of hydrogen-bond donors (Lipinski definition) is 1. The smallest absolute Gasteiger partial charge is 0.242 e. The van der Waals surface area contributed by atoms with Gasteiger partial charge in [0.25, 0.3) is 0 Å². The van der Waals surface area contributed by atoms with Gasteiger partial charge < -0.3 is 4.74 Å². The summed E-state index contributed by atoms with van der Waals surface area (Å²) in [4.78, 5) is 4.13. The lowest BCUT2D eigenvalue weighted by Crippen LogP contribution is -2.41. The molecule has 0 bridgehead atoms. The van der Waals surface area contributed by atoms with E-state index in [2.05, 4.69) is 9.71 Å². The van der Waals surface area contributed by atoms with Gasteiger partial charge in [0.15, 0.2) is 0 Å². The molecule has 0 atom stereocenters. The summed E-state index contributed by atoms with van der Waals surface area (Å²) < 4.78 is 33.9. The SMILES string of the molecule is COc1cnccc1-c1cccc(C(C)(C)NS(=O)(=O)c2ccccc2Cl)c1. The Bertz CT molecular complexity index is 1100. The summed E-state index contributed by atoms with van der Waals surface area (Å²) in [5.41, 5.74) is 1.72. The van der Waals surface area contributed by atoms with Crippen molar-refractivity contribution in [2.24, 2.45) is 0 Å². The van der Waals surface area contributed by atoms with Crippen LogP contribution in [0.15, 0.2) is 71.9 Å². The molecule has 3 rings (SSSR count). The van der Waals surface area contributed by atoms with Gasteiger partial charge in [-0.05, 0) is 49.2 Å². The van der Waals surface area contributed by atoms with Crippen LogP contribution in [-0.2, 0) is 15.6 Å². The summed E-state index contributed by atoms with van der Waals surface area (Å²) >= 11 is 6.08. The summed E-state index contributed by atoms with van der Waals surface area (Å²) in [6.07, 6.45) is 3.34. The third-order valence-corrected chi connectivity index (χ3v) is 6.57. The lowest BCUT2D eigenvalue weighted by molar-refractivity contribution is 0.414. The number of hydrogen-bond acceptors (Lipinski definition) is 4. The van der Waals surface area contributed by atoms with Gasteiger partial charge in [-0.2, -0.15) is 0 Å². The highest BCUT2D eigenvalue weighted by atomic mass is 35.5. The Balaban J connectivity index is 1.98. The summed E-state index contributed by atoms with van der Waals surface area (Å²) in [5, 5.41) is 0.182. The average molecular weight is 417 g/mol. The van der Waals surface area contributed by atoms with Crippen molar-refractivity contribution in [3.05, 3.63) is 77.6 Å². The zero-order valence-electron chi connectivity index (χ0n) is 15.8. The van der Waals surface area contributed by atoms with Crippen LogP contribution in [0.3, 0.4) is 0 Å². The number of methoxy groups -OCH3 is 1. The predicted molar refractivity (Wildman–Crippen MR) is 111 cm³/mol. The van der Waals surface area contributed by atoms with Crippen molar-refractivity contribution in [2.45, 2.75) is 24.3 Å². The molecule has 0 aliphatic carbocycles. The highest BCUT2D eigenvalue weighted by Gasteiger charge is 2.29. The first-order chi connectivity index (χ1) is 13.2. The van der Waals surface area contributed by atoms with Gasteiger partial charge in [0.1, 0.15) is 10.6 Å². The number of nitrogens with zero attached hydrogens (tertiary/aromatic N) is 1. The zero-order chi connectivity index (χ0) is 20.4. The number of nitrogens with one attached hydrogen (secondary N) is 1. The fourth-order valence-corrected chi connectivity index (χ4v) is 4.89. The predicted octanol–water partition coefficient (Wildman–Crippen LogP) is 4.62. The minimum Gasteiger partial charge on any atom is -0.494 e. The van der Waals surface area contributed by atoms with Crippen molar-refractivity contribution in [1.29, 1.82) is 0 Å². The molecular formula is C21H21ClN2O3S. The van der Waals surface area contributed by atoms with Gasteiger partial charge in [0.05, 0.1) is 23.9 Å². The second-order valence-electron chi connectivity index (χ2n) is 6.82. The van der Waals surface area contributed by atoms with Crippen LogP contribution < -0.4 is 9.46 Å². The normalized spacial score (nSPS) is 12.0. The molecule has 1 N–H and O–H groups in total. The number of halogens is 1. The van der Waals surface area contributed by atoms with Crippen molar-refractivity contribution in [3.8, 4) is 16.9 Å². The molecular weight excluding hydrogens is 396 g/mol. The molecule has 0 saturated heterocycles. The number of benzene rings is 2. The Hall–Kier alpha value is -2.41. The second-order valence-corrected chi connectivity index (χ2v) is 8.88. The van der Waals surface area contributed by atoms with E-state index in [0.29, 0.717) is 5.75 Å². The number of ether oxygens (including phenoxy) is 1. The minimum atomic E-state index is -3.80. The van der Waals surface area contributed by atoms with Crippen molar-refractivity contribution >= 4 is 21.6 Å². The summed E-state index contributed by atoms with van der Waals surface area (Å²) in [6.45, 7) is 3.62. The molecule has 0 spiro atoms. The van der Waals surface area contributed by atoms with E-state index < -0.39 is 15.6 Å². The van der Waals surface area contributed by atoms with Gasteiger partial charge >= 0.3 is 0 Å². The number of rotatable bonds is 6. The fraction of sp³-hybridized carbons (Fsp3) is 0.190. The van der Waals surface area contributed by atoms with E-state index in [1.165, 1.54) is 6.07 Å². The second kappa shape index (κ2) is 7.91. The number of sulfonamides is 1. The maximum absolute atomic E-state index is 12.9.